The fourth-order valence-electron chi connectivity index (χ4n) is 9.57. The summed E-state index contributed by atoms with van der Waals surface area (Å²) < 4.78 is 0. The number of rotatable bonds is 7. The molecule has 5 saturated carbocycles. The molecule has 5 fully saturated rings. The Kier molecular flexibility index (Phi) is 10.4. The average molecular weight is 509 g/mol. The van der Waals surface area contributed by atoms with Crippen LogP contribution in [0.4, 0.5) is 0 Å². The Labute approximate surface area is 226 Å². The third-order valence-corrected chi connectivity index (χ3v) is 16.4. The number of allylic oxidation sites excluding steroid dienone is 2. The second-order valence-corrected chi connectivity index (χ2v) is 18.8. The van der Waals surface area contributed by atoms with E-state index in [9.17, 15) is 0 Å². The summed E-state index contributed by atoms with van der Waals surface area (Å²) >= 11 is 0. The summed E-state index contributed by atoms with van der Waals surface area (Å²) in [4.78, 5) is 0. The molecule has 5 aliphatic rings. The first-order valence-corrected chi connectivity index (χ1v) is 19.8. The van der Waals surface area contributed by atoms with Gasteiger partial charge in [-0.05, 0) is 92.4 Å². The van der Waals surface area contributed by atoms with Crippen LogP contribution in [0.5, 0.6) is 0 Å². The minimum Gasteiger partial charge on any atom is -0.0941 e. The van der Waals surface area contributed by atoms with Crippen LogP contribution in [0.1, 0.15) is 148 Å². The number of hydrogen-bond donors (Lipinski definition) is 0. The maximum Gasteiger partial charge on any atom is 0.101 e. The van der Waals surface area contributed by atoms with Crippen molar-refractivity contribution in [1.82, 2.24) is 0 Å². The van der Waals surface area contributed by atoms with Gasteiger partial charge in [-0.25, -0.2) is 0 Å². The summed E-state index contributed by atoms with van der Waals surface area (Å²) in [6.45, 7) is 2.75. The zero-order valence-corrected chi connectivity index (χ0v) is 25.1. The molecule has 0 saturated heterocycles. The zero-order valence-electron chi connectivity index (χ0n) is 24.1. The van der Waals surface area contributed by atoms with Crippen LogP contribution in [0.3, 0.4) is 0 Å². The molecule has 0 nitrogen and oxygen atoms in total. The lowest BCUT2D eigenvalue weighted by Crippen LogP contribution is -2.34. The quantitative estimate of drug-likeness (QED) is 0.300. The van der Waals surface area contributed by atoms with Crippen molar-refractivity contribution in [3.63, 3.8) is 0 Å². The van der Waals surface area contributed by atoms with Crippen LogP contribution >= 0.6 is 0 Å². The molecule has 0 atom stereocenters. The van der Waals surface area contributed by atoms with Crippen molar-refractivity contribution < 1.29 is 0 Å². The molecular weight excluding hydrogens is 448 g/mol. The second kappa shape index (κ2) is 13.7. The van der Waals surface area contributed by atoms with Gasteiger partial charge in [0.25, 0.3) is 0 Å². The Morgan fingerprint density at radius 3 is 1.11 bits per heavy atom. The lowest BCUT2D eigenvalue weighted by molar-refractivity contribution is 0.180. The van der Waals surface area contributed by atoms with Gasteiger partial charge in [0.05, 0.1) is 0 Å². The van der Waals surface area contributed by atoms with Crippen molar-refractivity contribution in [3.8, 4) is 0 Å². The van der Waals surface area contributed by atoms with Gasteiger partial charge in [-0.15, -0.1) is 0 Å². The standard InChI is InChI=1S/C35H60Si/c1-36(35-15-9-4-10-16-35,27-25-29-17-21-33(22-18-29)31-11-5-2-6-12-31)28-26-30-19-23-34(24-20-30)32-13-7-3-8-14-32/h25-35H,2-24H2,1H3. The highest BCUT2D eigenvalue weighted by molar-refractivity contribution is 6.89. The minimum atomic E-state index is -1.48. The van der Waals surface area contributed by atoms with E-state index < -0.39 is 8.07 Å². The van der Waals surface area contributed by atoms with E-state index in [1.807, 2.05) is 0 Å². The topological polar surface area (TPSA) is 0 Å². The van der Waals surface area contributed by atoms with Crippen LogP contribution < -0.4 is 0 Å². The molecule has 0 amide bonds. The van der Waals surface area contributed by atoms with E-state index in [1.165, 1.54) is 122 Å². The molecule has 0 aromatic rings. The predicted octanol–water partition coefficient (Wildman–Crippen LogP) is 11.4. The number of hydrogen-bond acceptors (Lipinski definition) is 0. The summed E-state index contributed by atoms with van der Waals surface area (Å²) in [7, 11) is -1.48. The smallest absolute Gasteiger partial charge is 0.0941 e. The molecule has 0 bridgehead atoms. The molecular formula is C35H60Si. The molecule has 0 unspecified atom stereocenters. The summed E-state index contributed by atoms with van der Waals surface area (Å²) in [5.74, 6) is 6.09. The van der Waals surface area contributed by atoms with Crippen molar-refractivity contribution in [2.24, 2.45) is 35.5 Å². The molecule has 0 aromatic heterocycles. The van der Waals surface area contributed by atoms with E-state index in [2.05, 4.69) is 30.1 Å². The fourth-order valence-corrected chi connectivity index (χ4v) is 13.2. The zero-order chi connectivity index (χ0) is 24.6. The summed E-state index contributed by atoms with van der Waals surface area (Å²) in [5.41, 5.74) is 6.76. The van der Waals surface area contributed by atoms with Gasteiger partial charge in [-0.1, -0.05) is 126 Å². The molecule has 0 radical (unpaired) electrons. The Morgan fingerprint density at radius 2 is 0.722 bits per heavy atom. The molecule has 1 heteroatoms. The van der Waals surface area contributed by atoms with Crippen LogP contribution in [-0.4, -0.2) is 8.07 Å². The van der Waals surface area contributed by atoms with Gasteiger partial charge in [0, 0.05) is 0 Å². The molecule has 204 valence electrons. The Balaban J connectivity index is 1.16. The largest absolute Gasteiger partial charge is 0.101 e. The first-order chi connectivity index (χ1) is 17.7. The van der Waals surface area contributed by atoms with E-state index in [1.54, 1.807) is 25.7 Å². The van der Waals surface area contributed by atoms with Crippen LogP contribution in [0.2, 0.25) is 12.1 Å². The summed E-state index contributed by atoms with van der Waals surface area (Å²) in [6, 6.07) is 0. The maximum atomic E-state index is 2.87. The first-order valence-electron chi connectivity index (χ1n) is 17.1. The van der Waals surface area contributed by atoms with Gasteiger partial charge >= 0.3 is 0 Å². The van der Waals surface area contributed by atoms with Gasteiger partial charge < -0.3 is 0 Å². The van der Waals surface area contributed by atoms with E-state index in [0.29, 0.717) is 0 Å². The highest BCUT2D eigenvalue weighted by atomic mass is 28.3. The van der Waals surface area contributed by atoms with Gasteiger partial charge in [0.15, 0.2) is 0 Å². The van der Waals surface area contributed by atoms with Gasteiger partial charge in [0.1, 0.15) is 8.07 Å². The molecule has 5 rings (SSSR count). The SMILES string of the molecule is C[Si](C=CC1CCC(C2CCCCC2)CC1)(C=CC1CCC(C2CCCCC2)CC1)C1CCCCC1. The minimum absolute atomic E-state index is 0.889. The third kappa shape index (κ3) is 7.42. The summed E-state index contributed by atoms with van der Waals surface area (Å²) in [6.07, 6.45) is 40.4. The van der Waals surface area contributed by atoms with Crippen molar-refractivity contribution in [2.45, 2.75) is 160 Å². The van der Waals surface area contributed by atoms with Crippen LogP contribution in [0, 0.1) is 35.5 Å². The van der Waals surface area contributed by atoms with Crippen molar-refractivity contribution in [1.29, 1.82) is 0 Å². The average Bonchev–Trinajstić information content (AvgIpc) is 2.97. The van der Waals surface area contributed by atoms with Crippen LogP contribution in [-0.2, 0) is 0 Å². The molecule has 0 heterocycles. The molecule has 0 aliphatic heterocycles. The third-order valence-electron chi connectivity index (χ3n) is 12.2. The molecule has 0 spiro atoms. The maximum absolute atomic E-state index is 2.87. The van der Waals surface area contributed by atoms with E-state index in [0.717, 1.165) is 41.0 Å². The Bertz CT molecular complexity index is 623. The van der Waals surface area contributed by atoms with Crippen molar-refractivity contribution >= 4 is 8.07 Å². The van der Waals surface area contributed by atoms with Crippen molar-refractivity contribution in [2.75, 3.05) is 0 Å². The predicted molar refractivity (Wildman–Crippen MR) is 161 cm³/mol. The lowest BCUT2D eigenvalue weighted by Gasteiger charge is -2.37. The van der Waals surface area contributed by atoms with Crippen molar-refractivity contribution in [3.05, 3.63) is 23.6 Å². The molecule has 0 aromatic carbocycles. The molecule has 0 N–H and O–H groups in total. The Hall–Kier alpha value is -0.303. The summed E-state index contributed by atoms with van der Waals surface area (Å²) in [5, 5.41) is 0. The van der Waals surface area contributed by atoms with E-state index in [4.69, 9.17) is 0 Å². The van der Waals surface area contributed by atoms with Crippen LogP contribution in [0.15, 0.2) is 23.6 Å². The first kappa shape index (κ1) is 27.3. The van der Waals surface area contributed by atoms with E-state index in [-0.39, 0.29) is 0 Å². The normalized spacial score (nSPS) is 36.4. The molecule has 5 aliphatic carbocycles. The van der Waals surface area contributed by atoms with Gasteiger partial charge in [-0.3, -0.25) is 0 Å². The van der Waals surface area contributed by atoms with Gasteiger partial charge in [-0.2, -0.15) is 0 Å². The Morgan fingerprint density at radius 1 is 0.389 bits per heavy atom. The fraction of sp³-hybridized carbons (Fsp3) is 0.886. The lowest BCUT2D eigenvalue weighted by atomic mass is 9.71. The van der Waals surface area contributed by atoms with E-state index >= 15 is 0 Å². The molecule has 36 heavy (non-hydrogen) atoms. The highest BCUT2D eigenvalue weighted by Gasteiger charge is 2.35. The van der Waals surface area contributed by atoms with Gasteiger partial charge in [0.2, 0.25) is 0 Å². The monoisotopic (exact) mass is 508 g/mol. The highest BCUT2D eigenvalue weighted by Crippen LogP contribution is 2.44. The second-order valence-electron chi connectivity index (χ2n) is 14.6. The van der Waals surface area contributed by atoms with Crippen LogP contribution in [0.25, 0.3) is 0 Å².